The van der Waals surface area contributed by atoms with Gasteiger partial charge in [0.25, 0.3) is 0 Å². The van der Waals surface area contributed by atoms with Crippen molar-refractivity contribution in [1.82, 2.24) is 10.2 Å². The van der Waals surface area contributed by atoms with Gasteiger partial charge < -0.3 is 15.0 Å². The molecule has 2 aromatic carbocycles. The number of rotatable bonds is 8. The van der Waals surface area contributed by atoms with Gasteiger partial charge in [0.2, 0.25) is 5.91 Å². The fraction of sp³-hybridized carbons (Fsp3) is 0.360. The molecule has 182 valence electrons. The molecule has 9 heteroatoms. The van der Waals surface area contributed by atoms with Gasteiger partial charge in [0.05, 0.1) is 18.2 Å². The highest BCUT2D eigenvalue weighted by atomic mass is 19.4. The second-order valence-electron chi connectivity index (χ2n) is 7.97. The van der Waals surface area contributed by atoms with E-state index in [4.69, 9.17) is 0 Å². The van der Waals surface area contributed by atoms with E-state index < -0.39 is 17.7 Å². The maximum atomic E-state index is 12.9. The molecule has 2 aromatic rings. The van der Waals surface area contributed by atoms with E-state index in [1.165, 1.54) is 25.3 Å². The lowest BCUT2D eigenvalue weighted by molar-refractivity contribution is -0.137. The first-order valence-corrected chi connectivity index (χ1v) is 11.0. The third kappa shape index (κ3) is 7.34. The molecule has 0 aliphatic carbocycles. The summed E-state index contributed by atoms with van der Waals surface area (Å²) in [6, 6.07) is 12.2. The quantitative estimate of drug-likeness (QED) is 0.357. The maximum Gasteiger partial charge on any atom is 0.416 e. The molecule has 1 N–H and O–H groups in total. The average Bonchev–Trinajstić information content (AvgIpc) is 2.85. The predicted octanol–water partition coefficient (Wildman–Crippen LogP) is 3.83. The first-order valence-electron chi connectivity index (χ1n) is 11.0. The van der Waals surface area contributed by atoms with Crippen molar-refractivity contribution in [1.29, 1.82) is 0 Å². The highest BCUT2D eigenvalue weighted by molar-refractivity contribution is 5.92. The number of hydrogen-bond acceptors (Lipinski definition) is 5. The Morgan fingerprint density at radius 3 is 2.41 bits per heavy atom. The number of halogens is 3. The van der Waals surface area contributed by atoms with Crippen molar-refractivity contribution >= 4 is 23.6 Å². The molecule has 1 amide bonds. The zero-order valence-electron chi connectivity index (χ0n) is 19.0. The van der Waals surface area contributed by atoms with Crippen LogP contribution < -0.4 is 10.2 Å². The van der Waals surface area contributed by atoms with Gasteiger partial charge in [-0.2, -0.15) is 13.2 Å². The number of piperazine rings is 1. The van der Waals surface area contributed by atoms with Crippen molar-refractivity contribution in [3.05, 3.63) is 71.3 Å². The SMILES string of the molecule is COC(=O)c1ccc(/C=C/C(=O)NCCCN2CCN(c3cccc(C(F)(F)F)c3)CC2)cc1. The molecule has 3 rings (SSSR count). The number of ether oxygens (including phenoxy) is 1. The number of benzene rings is 2. The average molecular weight is 476 g/mol. The number of nitrogens with one attached hydrogen (secondary N) is 1. The second-order valence-corrected chi connectivity index (χ2v) is 7.97. The van der Waals surface area contributed by atoms with Crippen LogP contribution in [0.2, 0.25) is 0 Å². The van der Waals surface area contributed by atoms with Crippen LogP contribution in [0, 0.1) is 0 Å². The molecule has 1 aliphatic rings. The third-order valence-electron chi connectivity index (χ3n) is 5.62. The summed E-state index contributed by atoms with van der Waals surface area (Å²) in [4.78, 5) is 27.7. The lowest BCUT2D eigenvalue weighted by Gasteiger charge is -2.36. The van der Waals surface area contributed by atoms with Gasteiger partial charge in [-0.3, -0.25) is 9.69 Å². The Balaban J connectivity index is 1.35. The molecule has 1 saturated heterocycles. The van der Waals surface area contributed by atoms with Crippen LogP contribution >= 0.6 is 0 Å². The third-order valence-corrected chi connectivity index (χ3v) is 5.62. The summed E-state index contributed by atoms with van der Waals surface area (Å²) in [6.07, 6.45) is -0.450. The van der Waals surface area contributed by atoms with Gasteiger partial charge in [0.1, 0.15) is 0 Å². The van der Waals surface area contributed by atoms with Crippen LogP contribution in [-0.4, -0.2) is 63.2 Å². The summed E-state index contributed by atoms with van der Waals surface area (Å²) in [7, 11) is 1.32. The van der Waals surface area contributed by atoms with Gasteiger partial charge in [0, 0.05) is 44.5 Å². The molecule has 34 heavy (non-hydrogen) atoms. The fourth-order valence-corrected chi connectivity index (χ4v) is 3.70. The summed E-state index contributed by atoms with van der Waals surface area (Å²) in [5.41, 5.74) is 1.20. The molecule has 6 nitrogen and oxygen atoms in total. The molecule has 0 spiro atoms. The number of esters is 1. The number of amides is 1. The van der Waals surface area contributed by atoms with E-state index >= 15 is 0 Å². The Morgan fingerprint density at radius 1 is 1.06 bits per heavy atom. The number of alkyl halides is 3. The fourth-order valence-electron chi connectivity index (χ4n) is 3.70. The highest BCUT2D eigenvalue weighted by Crippen LogP contribution is 2.31. The van der Waals surface area contributed by atoms with E-state index in [2.05, 4.69) is 15.0 Å². The Kier molecular flexibility index (Phi) is 8.70. The summed E-state index contributed by atoms with van der Waals surface area (Å²) in [5, 5.41) is 2.84. The first-order chi connectivity index (χ1) is 16.3. The minimum absolute atomic E-state index is 0.202. The summed E-state index contributed by atoms with van der Waals surface area (Å²) >= 11 is 0. The minimum Gasteiger partial charge on any atom is -0.465 e. The van der Waals surface area contributed by atoms with Crippen molar-refractivity contribution in [2.75, 3.05) is 51.3 Å². The molecule has 0 radical (unpaired) electrons. The van der Waals surface area contributed by atoms with Crippen molar-refractivity contribution in [2.45, 2.75) is 12.6 Å². The van der Waals surface area contributed by atoms with E-state index in [1.54, 1.807) is 36.4 Å². The van der Waals surface area contributed by atoms with Crippen molar-refractivity contribution in [3.8, 4) is 0 Å². The first kappa shape index (κ1) is 25.3. The van der Waals surface area contributed by atoms with E-state index in [0.717, 1.165) is 37.7 Å². The van der Waals surface area contributed by atoms with Crippen LogP contribution in [0.4, 0.5) is 18.9 Å². The largest absolute Gasteiger partial charge is 0.465 e. The number of nitrogens with zero attached hydrogens (tertiary/aromatic N) is 2. The van der Waals surface area contributed by atoms with Gasteiger partial charge in [-0.05, 0) is 54.9 Å². The molecule has 0 saturated carbocycles. The Hall–Kier alpha value is -3.33. The lowest BCUT2D eigenvalue weighted by Crippen LogP contribution is -2.47. The monoisotopic (exact) mass is 475 g/mol. The Labute approximate surface area is 197 Å². The Bertz CT molecular complexity index is 998. The molecule has 1 fully saturated rings. The van der Waals surface area contributed by atoms with Gasteiger partial charge in [-0.15, -0.1) is 0 Å². The van der Waals surface area contributed by atoms with Crippen LogP contribution in [0.15, 0.2) is 54.6 Å². The van der Waals surface area contributed by atoms with E-state index in [-0.39, 0.29) is 5.91 Å². The maximum absolute atomic E-state index is 12.9. The molecule has 0 bridgehead atoms. The number of carbonyl (C=O) groups excluding carboxylic acids is 2. The molecular formula is C25H28F3N3O3. The summed E-state index contributed by atoms with van der Waals surface area (Å²) in [5.74, 6) is -0.614. The topological polar surface area (TPSA) is 61.9 Å². The highest BCUT2D eigenvalue weighted by Gasteiger charge is 2.31. The van der Waals surface area contributed by atoms with Crippen molar-refractivity contribution in [2.24, 2.45) is 0 Å². The lowest BCUT2D eigenvalue weighted by atomic mass is 10.1. The number of hydrogen-bond donors (Lipinski definition) is 1. The second kappa shape index (κ2) is 11.7. The number of anilines is 1. The summed E-state index contributed by atoms with van der Waals surface area (Å²) < 4.78 is 43.5. The van der Waals surface area contributed by atoms with Crippen LogP contribution in [0.5, 0.6) is 0 Å². The molecule has 0 unspecified atom stereocenters. The Morgan fingerprint density at radius 2 is 1.76 bits per heavy atom. The number of carbonyl (C=O) groups is 2. The van der Waals surface area contributed by atoms with Crippen molar-refractivity contribution < 1.29 is 27.5 Å². The predicted molar refractivity (Wildman–Crippen MR) is 125 cm³/mol. The van der Waals surface area contributed by atoms with Gasteiger partial charge >= 0.3 is 12.1 Å². The van der Waals surface area contributed by atoms with Gasteiger partial charge in [-0.25, -0.2) is 4.79 Å². The minimum atomic E-state index is -4.34. The van der Waals surface area contributed by atoms with Gasteiger partial charge in [0.15, 0.2) is 0 Å². The molecule has 0 aromatic heterocycles. The zero-order valence-corrected chi connectivity index (χ0v) is 19.0. The van der Waals surface area contributed by atoms with E-state index in [0.29, 0.717) is 30.9 Å². The van der Waals surface area contributed by atoms with Crippen LogP contribution in [-0.2, 0) is 15.7 Å². The number of methoxy groups -OCH3 is 1. The zero-order chi connectivity index (χ0) is 24.6. The van der Waals surface area contributed by atoms with Crippen LogP contribution in [0.1, 0.15) is 27.9 Å². The van der Waals surface area contributed by atoms with Gasteiger partial charge in [-0.1, -0.05) is 18.2 Å². The summed E-state index contributed by atoms with van der Waals surface area (Å²) in [6.45, 7) is 4.15. The van der Waals surface area contributed by atoms with E-state index in [1.807, 2.05) is 4.90 Å². The molecule has 1 aliphatic heterocycles. The molecule has 0 atom stereocenters. The van der Waals surface area contributed by atoms with E-state index in [9.17, 15) is 22.8 Å². The van der Waals surface area contributed by atoms with Crippen LogP contribution in [0.25, 0.3) is 6.08 Å². The smallest absolute Gasteiger partial charge is 0.416 e. The van der Waals surface area contributed by atoms with Crippen molar-refractivity contribution in [3.63, 3.8) is 0 Å². The molecular weight excluding hydrogens is 447 g/mol. The molecule has 1 heterocycles. The normalized spacial score (nSPS) is 14.9. The standard InChI is InChI=1S/C25H28F3N3O3/c1-34-24(33)20-9-6-19(7-10-20)8-11-23(32)29-12-3-13-30-14-16-31(17-15-30)22-5-2-4-21(18-22)25(26,27)28/h2,4-11,18H,3,12-17H2,1H3,(H,29,32)/b11-8+. The van der Waals surface area contributed by atoms with Crippen LogP contribution in [0.3, 0.4) is 0 Å².